The number of carbonyl (C=O) groups is 3. The van der Waals surface area contributed by atoms with Gasteiger partial charge < -0.3 is 9.30 Å². The summed E-state index contributed by atoms with van der Waals surface area (Å²) in [6, 6.07) is 12.5. The molecule has 1 fully saturated rings. The van der Waals surface area contributed by atoms with Gasteiger partial charge in [-0.2, -0.15) is 0 Å². The van der Waals surface area contributed by atoms with E-state index in [9.17, 15) is 24.5 Å². The minimum Gasteiger partial charge on any atom is -0.495 e. The standard InChI is InChI=1S/C22H15ClN4O6/c1-33-19-9-8-16(12-18(19)23)26-21(29)17(20(28)24-22(26)30)11-15-3-2-10-25(15)13-4-6-14(7-5-13)27(31)32/h2-12H,1H3,(H,24,28,30). The van der Waals surface area contributed by atoms with Gasteiger partial charge in [-0.1, -0.05) is 11.6 Å². The fourth-order valence-corrected chi connectivity index (χ4v) is 3.57. The first-order valence-corrected chi connectivity index (χ1v) is 9.85. The number of benzene rings is 2. The topological polar surface area (TPSA) is 124 Å². The number of ether oxygens (including phenoxy) is 1. The number of nitrogens with zero attached hydrogens (tertiary/aromatic N) is 3. The Kier molecular flexibility index (Phi) is 5.67. The average molecular weight is 467 g/mol. The Balaban J connectivity index is 1.71. The number of nitro groups is 1. The van der Waals surface area contributed by atoms with Crippen molar-refractivity contribution in [3.05, 3.63) is 87.2 Å². The molecule has 10 nitrogen and oxygen atoms in total. The van der Waals surface area contributed by atoms with Crippen LogP contribution in [0.4, 0.5) is 16.2 Å². The van der Waals surface area contributed by atoms with Crippen LogP contribution < -0.4 is 15.0 Å². The molecule has 166 valence electrons. The number of anilines is 1. The number of methoxy groups -OCH3 is 1. The third kappa shape index (κ3) is 4.06. The third-order valence-corrected chi connectivity index (χ3v) is 5.20. The second-order valence-electron chi connectivity index (χ2n) is 6.85. The van der Waals surface area contributed by atoms with Crippen LogP contribution in [0.1, 0.15) is 5.69 Å². The summed E-state index contributed by atoms with van der Waals surface area (Å²) >= 11 is 6.12. The molecule has 11 heteroatoms. The van der Waals surface area contributed by atoms with Crippen LogP contribution in [0.2, 0.25) is 5.02 Å². The monoisotopic (exact) mass is 466 g/mol. The van der Waals surface area contributed by atoms with Gasteiger partial charge in [0.15, 0.2) is 0 Å². The fraction of sp³-hybridized carbons (Fsp3) is 0.0455. The number of halogens is 1. The number of rotatable bonds is 5. The van der Waals surface area contributed by atoms with Gasteiger partial charge in [-0.25, -0.2) is 9.69 Å². The lowest BCUT2D eigenvalue weighted by Crippen LogP contribution is -2.54. The van der Waals surface area contributed by atoms with Gasteiger partial charge in [-0.3, -0.25) is 25.0 Å². The second kappa shape index (κ2) is 8.60. The minimum absolute atomic E-state index is 0.0695. The summed E-state index contributed by atoms with van der Waals surface area (Å²) in [6.45, 7) is 0. The van der Waals surface area contributed by atoms with E-state index in [0.717, 1.165) is 4.90 Å². The van der Waals surface area contributed by atoms with Crippen molar-refractivity contribution in [3.63, 3.8) is 0 Å². The number of non-ortho nitro benzene ring substituents is 1. The molecule has 1 aromatic heterocycles. The highest BCUT2D eigenvalue weighted by atomic mass is 35.5. The Labute approximate surface area is 191 Å². The summed E-state index contributed by atoms with van der Waals surface area (Å²) in [6.07, 6.45) is 3.01. The predicted molar refractivity (Wildman–Crippen MR) is 119 cm³/mol. The van der Waals surface area contributed by atoms with Crippen molar-refractivity contribution in [3.8, 4) is 11.4 Å². The van der Waals surface area contributed by atoms with Gasteiger partial charge in [-0.15, -0.1) is 0 Å². The smallest absolute Gasteiger partial charge is 0.335 e. The van der Waals surface area contributed by atoms with Gasteiger partial charge in [-0.05, 0) is 48.5 Å². The van der Waals surface area contributed by atoms with E-state index < -0.39 is 22.8 Å². The van der Waals surface area contributed by atoms with Crippen molar-refractivity contribution in [1.29, 1.82) is 0 Å². The average Bonchev–Trinajstić information content (AvgIpc) is 3.25. The van der Waals surface area contributed by atoms with E-state index in [1.54, 1.807) is 22.9 Å². The number of nitrogens with one attached hydrogen (secondary N) is 1. The number of barbiturate groups is 1. The third-order valence-electron chi connectivity index (χ3n) is 4.91. The van der Waals surface area contributed by atoms with Gasteiger partial charge in [0.05, 0.1) is 22.7 Å². The van der Waals surface area contributed by atoms with E-state index in [2.05, 4.69) is 5.32 Å². The zero-order chi connectivity index (χ0) is 23.7. The zero-order valence-corrected chi connectivity index (χ0v) is 17.8. The molecule has 2 aromatic carbocycles. The Hall–Kier alpha value is -4.44. The van der Waals surface area contributed by atoms with Crippen LogP contribution in [0.5, 0.6) is 5.75 Å². The summed E-state index contributed by atoms with van der Waals surface area (Å²) in [5.41, 5.74) is 0.844. The molecule has 3 aromatic rings. The highest BCUT2D eigenvalue weighted by Gasteiger charge is 2.37. The van der Waals surface area contributed by atoms with Crippen molar-refractivity contribution >= 4 is 46.9 Å². The SMILES string of the molecule is COc1ccc(N2C(=O)NC(=O)C(=Cc3cccn3-c3ccc([N+](=O)[O-])cc3)C2=O)cc1Cl. The van der Waals surface area contributed by atoms with Crippen LogP contribution in [0, 0.1) is 10.1 Å². The number of carbonyl (C=O) groups excluding carboxylic acids is 3. The minimum atomic E-state index is -0.908. The summed E-state index contributed by atoms with van der Waals surface area (Å²) in [4.78, 5) is 49.2. The maximum Gasteiger partial charge on any atom is 0.335 e. The lowest BCUT2D eigenvalue weighted by atomic mass is 10.1. The van der Waals surface area contributed by atoms with Gasteiger partial charge in [0, 0.05) is 29.7 Å². The van der Waals surface area contributed by atoms with Gasteiger partial charge in [0.25, 0.3) is 17.5 Å². The van der Waals surface area contributed by atoms with Gasteiger partial charge >= 0.3 is 6.03 Å². The maximum atomic E-state index is 13.1. The quantitative estimate of drug-likeness (QED) is 0.264. The maximum absolute atomic E-state index is 13.1. The molecule has 2 heterocycles. The number of urea groups is 1. The van der Waals surface area contributed by atoms with Crippen LogP contribution in [-0.2, 0) is 9.59 Å². The highest BCUT2D eigenvalue weighted by Crippen LogP contribution is 2.31. The number of hydrogen-bond acceptors (Lipinski definition) is 6. The summed E-state index contributed by atoms with van der Waals surface area (Å²) in [7, 11) is 1.43. The van der Waals surface area contributed by atoms with E-state index in [0.29, 0.717) is 17.1 Å². The molecular weight excluding hydrogens is 452 g/mol. The van der Waals surface area contributed by atoms with E-state index in [1.807, 2.05) is 0 Å². The molecule has 1 saturated heterocycles. The van der Waals surface area contributed by atoms with Crippen molar-refractivity contribution in [2.45, 2.75) is 0 Å². The Morgan fingerprint density at radius 2 is 1.76 bits per heavy atom. The number of imide groups is 2. The van der Waals surface area contributed by atoms with Crippen molar-refractivity contribution in [2.24, 2.45) is 0 Å². The van der Waals surface area contributed by atoms with Crippen LogP contribution in [0.3, 0.4) is 0 Å². The molecule has 0 atom stereocenters. The number of aromatic nitrogens is 1. The molecule has 0 bridgehead atoms. The van der Waals surface area contributed by atoms with Crippen LogP contribution in [-0.4, -0.2) is 34.4 Å². The molecule has 0 unspecified atom stereocenters. The first kappa shape index (κ1) is 21.8. The number of hydrogen-bond donors (Lipinski definition) is 1. The first-order chi connectivity index (χ1) is 15.8. The molecule has 0 saturated carbocycles. The molecule has 33 heavy (non-hydrogen) atoms. The molecule has 4 amide bonds. The molecular formula is C22H15ClN4O6. The van der Waals surface area contributed by atoms with Gasteiger partial charge in [0.1, 0.15) is 11.3 Å². The Bertz CT molecular complexity index is 1330. The summed E-state index contributed by atoms with van der Waals surface area (Å²) < 4.78 is 6.72. The predicted octanol–water partition coefficient (Wildman–Crippen LogP) is 3.71. The fourth-order valence-electron chi connectivity index (χ4n) is 3.32. The lowest BCUT2D eigenvalue weighted by molar-refractivity contribution is -0.384. The highest BCUT2D eigenvalue weighted by molar-refractivity contribution is 6.39. The number of nitro benzene ring substituents is 1. The molecule has 0 aliphatic carbocycles. The van der Waals surface area contributed by atoms with Crippen molar-refractivity contribution in [2.75, 3.05) is 12.0 Å². The van der Waals surface area contributed by atoms with E-state index in [1.165, 1.54) is 55.7 Å². The van der Waals surface area contributed by atoms with Crippen molar-refractivity contribution in [1.82, 2.24) is 9.88 Å². The number of amides is 4. The van der Waals surface area contributed by atoms with Crippen LogP contribution in [0.25, 0.3) is 11.8 Å². The van der Waals surface area contributed by atoms with Gasteiger partial charge in [0.2, 0.25) is 0 Å². The van der Waals surface area contributed by atoms with Crippen molar-refractivity contribution < 1.29 is 24.0 Å². The Morgan fingerprint density at radius 3 is 2.39 bits per heavy atom. The van der Waals surface area contributed by atoms with Crippen LogP contribution in [0.15, 0.2) is 66.4 Å². The molecule has 1 N–H and O–H groups in total. The first-order valence-electron chi connectivity index (χ1n) is 9.47. The molecule has 4 rings (SSSR count). The lowest BCUT2D eigenvalue weighted by Gasteiger charge is -2.26. The molecule has 0 spiro atoms. The largest absolute Gasteiger partial charge is 0.495 e. The van der Waals surface area contributed by atoms with Crippen LogP contribution >= 0.6 is 11.6 Å². The summed E-state index contributed by atoms with van der Waals surface area (Å²) in [5.74, 6) is -1.32. The van der Waals surface area contributed by atoms with E-state index >= 15 is 0 Å². The Morgan fingerprint density at radius 1 is 1.06 bits per heavy atom. The van der Waals surface area contributed by atoms with E-state index in [-0.39, 0.29) is 22.0 Å². The normalized spacial score (nSPS) is 15.0. The second-order valence-corrected chi connectivity index (χ2v) is 7.26. The summed E-state index contributed by atoms with van der Waals surface area (Å²) in [5, 5.41) is 13.2. The molecule has 0 radical (unpaired) electrons. The molecule has 1 aliphatic heterocycles. The van der Waals surface area contributed by atoms with E-state index in [4.69, 9.17) is 16.3 Å². The molecule has 1 aliphatic rings. The zero-order valence-electron chi connectivity index (χ0n) is 17.0.